The number of benzene rings is 1. The molecular weight excluding hydrogens is 297 g/mol. The van der Waals surface area contributed by atoms with Gasteiger partial charge in [-0.1, -0.05) is 6.07 Å². The number of carbonyl (C=O) groups excluding carboxylic acids is 2. The third kappa shape index (κ3) is 3.08. The largest absolute Gasteiger partial charge is 0.337 e. The van der Waals surface area contributed by atoms with E-state index in [9.17, 15) is 14.0 Å². The van der Waals surface area contributed by atoms with Gasteiger partial charge in [0.1, 0.15) is 5.82 Å². The van der Waals surface area contributed by atoms with Gasteiger partial charge in [-0.2, -0.15) is 0 Å². The number of anilines is 1. The van der Waals surface area contributed by atoms with Crippen molar-refractivity contribution < 1.29 is 14.0 Å². The molecule has 2 atom stereocenters. The molecule has 1 N–H and O–H groups in total. The zero-order valence-electron chi connectivity index (χ0n) is 13.5. The molecule has 3 rings (SSSR count). The average Bonchev–Trinajstić information content (AvgIpc) is 2.89. The van der Waals surface area contributed by atoms with Gasteiger partial charge in [0.25, 0.3) is 0 Å². The molecule has 124 valence electrons. The minimum absolute atomic E-state index is 0.00219. The van der Waals surface area contributed by atoms with Crippen LogP contribution in [0.2, 0.25) is 0 Å². The second kappa shape index (κ2) is 6.28. The molecule has 2 heterocycles. The van der Waals surface area contributed by atoms with Crippen LogP contribution in [0.15, 0.2) is 18.2 Å². The number of aryl methyl sites for hydroxylation is 1. The lowest BCUT2D eigenvalue weighted by Crippen LogP contribution is -2.54. The van der Waals surface area contributed by atoms with Crippen LogP contribution in [0, 0.1) is 18.7 Å². The third-order valence-electron chi connectivity index (χ3n) is 4.65. The van der Waals surface area contributed by atoms with E-state index < -0.39 is 5.82 Å². The molecule has 2 aliphatic heterocycles. The molecule has 0 aliphatic carbocycles. The minimum atomic E-state index is -0.415. The lowest BCUT2D eigenvalue weighted by Gasteiger charge is -2.35. The minimum Gasteiger partial charge on any atom is -0.337 e. The van der Waals surface area contributed by atoms with E-state index in [2.05, 4.69) is 5.32 Å². The van der Waals surface area contributed by atoms with E-state index in [1.54, 1.807) is 19.1 Å². The summed E-state index contributed by atoms with van der Waals surface area (Å²) in [6, 6.07) is 4.93. The van der Waals surface area contributed by atoms with E-state index >= 15 is 0 Å². The predicted octanol–water partition coefficient (Wildman–Crippen LogP) is 1.31. The standard InChI is InChI=1S/C17H22FN3O2/c1-11-3-4-15(14(18)7-11)21-10-13(8-16(21)22)17(23)20-6-5-19-9-12(20)2/h3-4,7,12-13,19H,5-6,8-10H2,1-2H3/t12-,13?/m0/s1. The summed E-state index contributed by atoms with van der Waals surface area (Å²) < 4.78 is 14.1. The molecule has 2 aliphatic rings. The predicted molar refractivity (Wildman–Crippen MR) is 85.6 cm³/mol. The van der Waals surface area contributed by atoms with Gasteiger partial charge in [0, 0.05) is 38.6 Å². The molecule has 0 radical (unpaired) electrons. The molecule has 1 aromatic rings. The molecule has 2 fully saturated rings. The Kier molecular flexibility index (Phi) is 4.35. The van der Waals surface area contributed by atoms with E-state index in [1.807, 2.05) is 11.8 Å². The summed E-state index contributed by atoms with van der Waals surface area (Å²) in [6.45, 7) is 6.25. The highest BCUT2D eigenvalue weighted by atomic mass is 19.1. The van der Waals surface area contributed by atoms with Crippen molar-refractivity contribution in [3.63, 3.8) is 0 Å². The lowest BCUT2D eigenvalue weighted by molar-refractivity contribution is -0.138. The van der Waals surface area contributed by atoms with Crippen molar-refractivity contribution in [1.29, 1.82) is 0 Å². The Balaban J connectivity index is 1.75. The van der Waals surface area contributed by atoms with Crippen molar-refractivity contribution >= 4 is 17.5 Å². The molecule has 0 saturated carbocycles. The summed E-state index contributed by atoms with van der Waals surface area (Å²) in [6.07, 6.45) is 0.156. The van der Waals surface area contributed by atoms with Crippen LogP contribution in [0.3, 0.4) is 0 Å². The first-order valence-electron chi connectivity index (χ1n) is 8.05. The number of nitrogens with zero attached hydrogens (tertiary/aromatic N) is 2. The number of amides is 2. The number of halogens is 1. The van der Waals surface area contributed by atoms with Gasteiger partial charge in [0.2, 0.25) is 11.8 Å². The summed E-state index contributed by atoms with van der Waals surface area (Å²) in [4.78, 5) is 28.2. The Bertz CT molecular complexity index is 634. The molecule has 1 aromatic carbocycles. The molecule has 1 unspecified atom stereocenters. The van der Waals surface area contributed by atoms with Crippen molar-refractivity contribution in [1.82, 2.24) is 10.2 Å². The van der Waals surface area contributed by atoms with Gasteiger partial charge in [0.05, 0.1) is 11.6 Å². The van der Waals surface area contributed by atoms with Gasteiger partial charge in [-0.3, -0.25) is 9.59 Å². The quantitative estimate of drug-likeness (QED) is 0.894. The van der Waals surface area contributed by atoms with Crippen molar-refractivity contribution in [2.75, 3.05) is 31.1 Å². The number of rotatable bonds is 2. The first kappa shape index (κ1) is 15.9. The van der Waals surface area contributed by atoms with Crippen LogP contribution in [0.25, 0.3) is 0 Å². The maximum absolute atomic E-state index is 14.1. The summed E-state index contributed by atoms with van der Waals surface area (Å²) in [5, 5.41) is 3.25. The van der Waals surface area contributed by atoms with Gasteiger partial charge < -0.3 is 15.1 Å². The van der Waals surface area contributed by atoms with Crippen LogP contribution < -0.4 is 10.2 Å². The molecule has 0 bridgehead atoms. The maximum Gasteiger partial charge on any atom is 0.228 e. The van der Waals surface area contributed by atoms with E-state index in [1.165, 1.54) is 11.0 Å². The molecular formula is C17H22FN3O2. The monoisotopic (exact) mass is 319 g/mol. The topological polar surface area (TPSA) is 52.7 Å². The first-order valence-corrected chi connectivity index (χ1v) is 8.05. The third-order valence-corrected chi connectivity index (χ3v) is 4.65. The van der Waals surface area contributed by atoms with Gasteiger partial charge >= 0.3 is 0 Å². The first-order chi connectivity index (χ1) is 11.0. The van der Waals surface area contributed by atoms with Crippen molar-refractivity contribution in [2.45, 2.75) is 26.3 Å². The fraction of sp³-hybridized carbons (Fsp3) is 0.529. The molecule has 2 saturated heterocycles. The maximum atomic E-state index is 14.1. The smallest absolute Gasteiger partial charge is 0.228 e. The normalized spacial score (nSPS) is 25.1. The fourth-order valence-corrected chi connectivity index (χ4v) is 3.34. The Morgan fingerprint density at radius 2 is 2.17 bits per heavy atom. The van der Waals surface area contributed by atoms with E-state index in [4.69, 9.17) is 0 Å². The van der Waals surface area contributed by atoms with Crippen LogP contribution in [-0.2, 0) is 9.59 Å². The van der Waals surface area contributed by atoms with Gasteiger partial charge in [-0.05, 0) is 31.5 Å². The van der Waals surface area contributed by atoms with Gasteiger partial charge in [-0.15, -0.1) is 0 Å². The second-order valence-corrected chi connectivity index (χ2v) is 6.45. The highest BCUT2D eigenvalue weighted by Crippen LogP contribution is 2.29. The van der Waals surface area contributed by atoms with E-state index in [0.717, 1.165) is 18.7 Å². The van der Waals surface area contributed by atoms with Crippen LogP contribution in [0.5, 0.6) is 0 Å². The molecule has 0 aromatic heterocycles. The van der Waals surface area contributed by atoms with Crippen LogP contribution in [-0.4, -0.2) is 48.9 Å². The number of piperazine rings is 1. The van der Waals surface area contributed by atoms with Crippen LogP contribution in [0.4, 0.5) is 10.1 Å². The van der Waals surface area contributed by atoms with E-state index in [0.29, 0.717) is 6.54 Å². The Morgan fingerprint density at radius 3 is 2.87 bits per heavy atom. The van der Waals surface area contributed by atoms with Gasteiger partial charge in [0.15, 0.2) is 0 Å². The molecule has 2 amide bonds. The Morgan fingerprint density at radius 1 is 1.39 bits per heavy atom. The summed E-state index contributed by atoms with van der Waals surface area (Å²) in [7, 11) is 0. The summed E-state index contributed by atoms with van der Waals surface area (Å²) in [5.41, 5.74) is 1.07. The molecule has 23 heavy (non-hydrogen) atoms. The Hall–Kier alpha value is -1.95. The fourth-order valence-electron chi connectivity index (χ4n) is 3.34. The average molecular weight is 319 g/mol. The lowest BCUT2D eigenvalue weighted by atomic mass is 10.0. The van der Waals surface area contributed by atoms with Crippen LogP contribution in [0.1, 0.15) is 18.9 Å². The van der Waals surface area contributed by atoms with E-state index in [-0.39, 0.29) is 42.4 Å². The highest BCUT2D eigenvalue weighted by Gasteiger charge is 2.39. The second-order valence-electron chi connectivity index (χ2n) is 6.45. The SMILES string of the molecule is Cc1ccc(N2CC(C(=O)N3CCNC[C@@H]3C)CC2=O)c(F)c1. The van der Waals surface area contributed by atoms with Crippen LogP contribution >= 0.6 is 0 Å². The summed E-state index contributed by atoms with van der Waals surface area (Å²) >= 11 is 0. The number of hydrogen-bond donors (Lipinski definition) is 1. The number of carbonyl (C=O) groups is 2. The number of hydrogen-bond acceptors (Lipinski definition) is 3. The zero-order chi connectivity index (χ0) is 16.6. The zero-order valence-corrected chi connectivity index (χ0v) is 13.5. The Labute approximate surface area is 135 Å². The van der Waals surface area contributed by atoms with Gasteiger partial charge in [-0.25, -0.2) is 4.39 Å². The van der Waals surface area contributed by atoms with Crippen molar-refractivity contribution in [3.8, 4) is 0 Å². The molecule has 6 heteroatoms. The molecule has 5 nitrogen and oxygen atoms in total. The van der Waals surface area contributed by atoms with Crippen molar-refractivity contribution in [3.05, 3.63) is 29.6 Å². The van der Waals surface area contributed by atoms with Crippen molar-refractivity contribution in [2.24, 2.45) is 5.92 Å². The molecule has 0 spiro atoms. The highest BCUT2D eigenvalue weighted by molar-refractivity contribution is 6.00. The number of nitrogens with one attached hydrogen (secondary N) is 1. The summed E-state index contributed by atoms with van der Waals surface area (Å²) in [5.74, 6) is -0.984.